The van der Waals surface area contributed by atoms with Crippen LogP contribution in [0, 0.1) is 0 Å². The molecule has 1 unspecified atom stereocenters. The number of hydrogen-bond donors (Lipinski definition) is 1. The number of carbonyl (C=O) groups excluding carboxylic acids is 1. The molecule has 3 aromatic carbocycles. The van der Waals surface area contributed by atoms with Crippen molar-refractivity contribution in [1.82, 2.24) is 4.90 Å². The zero-order valence-electron chi connectivity index (χ0n) is 18.8. The number of amides is 2. The van der Waals surface area contributed by atoms with E-state index in [0.29, 0.717) is 19.8 Å². The third-order valence-electron chi connectivity index (χ3n) is 6.22. The van der Waals surface area contributed by atoms with Crippen LogP contribution in [0.15, 0.2) is 66.7 Å². The number of hydrogen-bond acceptors (Lipinski definition) is 2. The minimum absolute atomic E-state index is 0. The van der Waals surface area contributed by atoms with Crippen LogP contribution in [0.4, 0.5) is 23.7 Å². The largest absolute Gasteiger partial charge is 0.416 e. The first-order valence-corrected chi connectivity index (χ1v) is 11.1. The molecule has 3 aromatic rings. The van der Waals surface area contributed by atoms with Crippen LogP contribution >= 0.6 is 12.4 Å². The highest BCUT2D eigenvalue weighted by Gasteiger charge is 2.31. The van der Waals surface area contributed by atoms with Gasteiger partial charge in [-0.15, -0.1) is 12.4 Å². The van der Waals surface area contributed by atoms with Crippen molar-refractivity contribution >= 4 is 34.9 Å². The smallest absolute Gasteiger partial charge is 0.377 e. The highest BCUT2D eigenvalue weighted by molar-refractivity contribution is 5.89. The normalized spacial score (nSPS) is 17.2. The van der Waals surface area contributed by atoms with Crippen molar-refractivity contribution in [2.24, 2.45) is 0 Å². The van der Waals surface area contributed by atoms with E-state index in [4.69, 9.17) is 4.74 Å². The molecule has 0 aliphatic carbocycles. The van der Waals surface area contributed by atoms with Crippen molar-refractivity contribution in [3.63, 3.8) is 0 Å². The molecule has 0 bridgehead atoms. The van der Waals surface area contributed by atoms with Gasteiger partial charge in [0.25, 0.3) is 0 Å². The van der Waals surface area contributed by atoms with E-state index in [0.717, 1.165) is 25.0 Å². The quantitative estimate of drug-likeness (QED) is 0.413. The molecule has 34 heavy (non-hydrogen) atoms. The van der Waals surface area contributed by atoms with Crippen molar-refractivity contribution < 1.29 is 22.7 Å². The molecule has 182 valence electrons. The van der Waals surface area contributed by atoms with Crippen LogP contribution in [0.5, 0.6) is 0 Å². The summed E-state index contributed by atoms with van der Waals surface area (Å²) in [6.07, 6.45) is -2.87. The van der Waals surface area contributed by atoms with Gasteiger partial charge in [0.1, 0.15) is 0 Å². The molecule has 0 spiro atoms. The summed E-state index contributed by atoms with van der Waals surface area (Å²) in [6.45, 7) is 3.40. The van der Waals surface area contributed by atoms with Crippen molar-refractivity contribution in [1.29, 1.82) is 0 Å². The van der Waals surface area contributed by atoms with E-state index in [9.17, 15) is 18.0 Å². The summed E-state index contributed by atoms with van der Waals surface area (Å²) in [5.41, 5.74) is 0.608. The zero-order valence-corrected chi connectivity index (χ0v) is 19.7. The number of nitrogens with zero attached hydrogens (tertiary/aromatic N) is 1. The molecule has 0 aromatic heterocycles. The Morgan fingerprint density at radius 1 is 1.12 bits per heavy atom. The lowest BCUT2D eigenvalue weighted by atomic mass is 9.90. The fourth-order valence-electron chi connectivity index (χ4n) is 4.41. The first-order valence-electron chi connectivity index (χ1n) is 11.1. The molecule has 1 N–H and O–H groups in total. The van der Waals surface area contributed by atoms with Gasteiger partial charge in [0.05, 0.1) is 24.8 Å². The third kappa shape index (κ3) is 6.02. The van der Waals surface area contributed by atoms with E-state index in [1.54, 1.807) is 4.90 Å². The van der Waals surface area contributed by atoms with E-state index in [2.05, 4.69) is 42.6 Å². The van der Waals surface area contributed by atoms with E-state index >= 15 is 0 Å². The maximum Gasteiger partial charge on any atom is 0.416 e. The molecule has 8 heteroatoms. The van der Waals surface area contributed by atoms with Gasteiger partial charge in [-0.3, -0.25) is 0 Å². The van der Waals surface area contributed by atoms with Gasteiger partial charge >= 0.3 is 12.2 Å². The summed E-state index contributed by atoms with van der Waals surface area (Å²) in [5, 5.41) is 5.06. The molecule has 1 aliphatic heterocycles. The van der Waals surface area contributed by atoms with Crippen LogP contribution in [-0.4, -0.2) is 36.7 Å². The van der Waals surface area contributed by atoms with Gasteiger partial charge in [0.15, 0.2) is 0 Å². The lowest BCUT2D eigenvalue weighted by molar-refractivity contribution is -0.137. The van der Waals surface area contributed by atoms with Gasteiger partial charge in [-0.25, -0.2) is 4.79 Å². The molecular formula is C26H28ClF3N2O2. The van der Waals surface area contributed by atoms with E-state index < -0.39 is 17.8 Å². The number of rotatable bonds is 5. The summed E-state index contributed by atoms with van der Waals surface area (Å²) in [4.78, 5) is 14.6. The number of urea groups is 1. The lowest BCUT2D eigenvalue weighted by Crippen LogP contribution is -2.50. The fraction of sp³-hybridized carbons (Fsp3) is 0.346. The second-order valence-corrected chi connectivity index (χ2v) is 8.48. The number of anilines is 1. The van der Waals surface area contributed by atoms with E-state index in [-0.39, 0.29) is 30.1 Å². The van der Waals surface area contributed by atoms with Gasteiger partial charge in [-0.1, -0.05) is 55.5 Å². The number of nitrogens with one attached hydrogen (secondary N) is 1. The SMILES string of the molecule is C[C@@H](CCC1COCCN1C(=O)Nc1cccc(C(F)(F)F)c1)c1cccc2ccccc12.Cl. The van der Waals surface area contributed by atoms with Crippen LogP contribution in [0.2, 0.25) is 0 Å². The number of morpholine rings is 1. The molecular weight excluding hydrogens is 465 g/mol. The Morgan fingerprint density at radius 2 is 1.85 bits per heavy atom. The lowest BCUT2D eigenvalue weighted by Gasteiger charge is -2.36. The molecule has 1 aliphatic rings. The molecule has 1 fully saturated rings. The minimum atomic E-state index is -4.46. The Kier molecular flexibility index (Phi) is 8.44. The van der Waals surface area contributed by atoms with Crippen molar-refractivity contribution in [3.05, 3.63) is 77.9 Å². The number of alkyl halides is 3. The van der Waals surface area contributed by atoms with Gasteiger partial charge < -0.3 is 15.0 Å². The molecule has 1 saturated heterocycles. The van der Waals surface area contributed by atoms with Crippen LogP contribution in [0.1, 0.15) is 36.8 Å². The molecule has 4 rings (SSSR count). The van der Waals surface area contributed by atoms with Crippen LogP contribution < -0.4 is 5.32 Å². The number of ether oxygens (including phenoxy) is 1. The average Bonchev–Trinajstić information content (AvgIpc) is 2.82. The molecule has 0 saturated carbocycles. The summed E-state index contributed by atoms with van der Waals surface area (Å²) >= 11 is 0. The maximum absolute atomic E-state index is 13.0. The fourth-order valence-corrected chi connectivity index (χ4v) is 4.41. The number of halogens is 4. The molecule has 1 heterocycles. The monoisotopic (exact) mass is 492 g/mol. The molecule has 0 radical (unpaired) electrons. The van der Waals surface area contributed by atoms with E-state index in [1.807, 2.05) is 12.1 Å². The molecule has 2 amide bonds. The first-order chi connectivity index (χ1) is 15.8. The average molecular weight is 493 g/mol. The predicted molar refractivity (Wildman–Crippen MR) is 131 cm³/mol. The van der Waals surface area contributed by atoms with Crippen molar-refractivity contribution in [3.8, 4) is 0 Å². The van der Waals surface area contributed by atoms with Crippen molar-refractivity contribution in [2.75, 3.05) is 25.1 Å². The molecule has 2 atom stereocenters. The Balaban J connectivity index is 0.00000324. The van der Waals surface area contributed by atoms with Gasteiger partial charge in [0.2, 0.25) is 0 Å². The minimum Gasteiger partial charge on any atom is -0.377 e. The standard InChI is InChI=1S/C26H27F3N2O2.ClH/c1-18(23-11-4-7-19-6-2-3-10-24(19)23)12-13-22-17-33-15-14-31(22)25(32)30-21-9-5-8-20(16-21)26(27,28)29;/h2-11,16,18,22H,12-15,17H2,1H3,(H,30,32);1H/t18-,22?;/m0./s1. The Morgan fingerprint density at radius 3 is 2.65 bits per heavy atom. The van der Waals surface area contributed by atoms with Gasteiger partial charge in [0, 0.05) is 12.2 Å². The van der Waals surface area contributed by atoms with Gasteiger partial charge in [-0.2, -0.15) is 13.2 Å². The predicted octanol–water partition coefficient (Wildman–Crippen LogP) is 7.10. The number of benzene rings is 3. The molecule has 4 nitrogen and oxygen atoms in total. The summed E-state index contributed by atoms with van der Waals surface area (Å²) in [5.74, 6) is 0.284. The zero-order chi connectivity index (χ0) is 23.4. The van der Waals surface area contributed by atoms with Crippen LogP contribution in [-0.2, 0) is 10.9 Å². The second kappa shape index (κ2) is 11.1. The highest BCUT2D eigenvalue weighted by Crippen LogP contribution is 2.32. The second-order valence-electron chi connectivity index (χ2n) is 8.48. The Labute approximate surface area is 203 Å². The Bertz CT molecular complexity index is 1120. The van der Waals surface area contributed by atoms with Crippen LogP contribution in [0.3, 0.4) is 0 Å². The van der Waals surface area contributed by atoms with E-state index in [1.165, 1.54) is 28.5 Å². The first kappa shape index (κ1) is 25.8. The topological polar surface area (TPSA) is 41.6 Å². The summed E-state index contributed by atoms with van der Waals surface area (Å²) < 4.78 is 44.6. The van der Waals surface area contributed by atoms with Gasteiger partial charge in [-0.05, 0) is 53.3 Å². The highest BCUT2D eigenvalue weighted by atomic mass is 35.5. The third-order valence-corrected chi connectivity index (χ3v) is 6.22. The number of carbonyl (C=O) groups is 1. The summed E-state index contributed by atoms with van der Waals surface area (Å²) in [7, 11) is 0. The maximum atomic E-state index is 13.0. The summed E-state index contributed by atoms with van der Waals surface area (Å²) in [6, 6.07) is 18.7. The number of fused-ring (bicyclic) bond motifs is 1. The Hall–Kier alpha value is -2.77. The van der Waals surface area contributed by atoms with Crippen molar-refractivity contribution in [2.45, 2.75) is 37.9 Å². The van der Waals surface area contributed by atoms with Crippen LogP contribution in [0.25, 0.3) is 10.8 Å².